The van der Waals surface area contributed by atoms with Crippen LogP contribution in [0.1, 0.15) is 29.7 Å². The Hall–Kier alpha value is -3.67. The number of fused-ring (bicyclic) bond motifs is 3. The standard InChI is InChI=1S/C33H34F2N4O4S/c1-20-4-5-28(44(3,40)41)24(14-20)30-21(2)31(29-25(35)15-22(34)16-26(29)37-30)39-19-33(6-10-42-11-7-33)32-27(39)17-23(18-36-32)38-8-12-43-13-9-38/h4-5,14-18H,6-13,19H2,1-3H3. The zero-order chi connectivity index (χ0) is 30.8. The van der Waals surface area contributed by atoms with Crippen molar-refractivity contribution in [3.63, 3.8) is 0 Å². The number of nitrogens with zero attached hydrogens (tertiary/aromatic N) is 4. The van der Waals surface area contributed by atoms with Crippen LogP contribution in [-0.2, 0) is 24.7 Å². The molecule has 2 saturated heterocycles. The number of anilines is 3. The molecule has 0 saturated carbocycles. The van der Waals surface area contributed by atoms with Gasteiger partial charge >= 0.3 is 0 Å². The lowest BCUT2D eigenvalue weighted by molar-refractivity contribution is 0.0545. The second-order valence-electron chi connectivity index (χ2n) is 12.1. The smallest absolute Gasteiger partial charge is 0.176 e. The van der Waals surface area contributed by atoms with Gasteiger partial charge in [-0.15, -0.1) is 0 Å². The van der Waals surface area contributed by atoms with E-state index in [1.807, 2.05) is 20.0 Å². The molecule has 0 unspecified atom stereocenters. The van der Waals surface area contributed by atoms with Gasteiger partial charge in [0.05, 0.1) is 63.7 Å². The molecule has 3 aliphatic heterocycles. The molecule has 230 valence electrons. The zero-order valence-electron chi connectivity index (χ0n) is 25.0. The summed E-state index contributed by atoms with van der Waals surface area (Å²) < 4.78 is 67.8. The first-order valence-electron chi connectivity index (χ1n) is 14.8. The second-order valence-corrected chi connectivity index (χ2v) is 14.1. The van der Waals surface area contributed by atoms with Crippen LogP contribution in [0.4, 0.5) is 25.8 Å². The Kier molecular flexibility index (Phi) is 7.10. The summed E-state index contributed by atoms with van der Waals surface area (Å²) in [5, 5.41) is 0.188. The first-order chi connectivity index (χ1) is 21.1. The molecule has 7 rings (SSSR count). The lowest BCUT2D eigenvalue weighted by atomic mass is 9.78. The maximum Gasteiger partial charge on any atom is 0.176 e. The first kappa shape index (κ1) is 29.1. The summed E-state index contributed by atoms with van der Waals surface area (Å²) in [5.41, 5.74) is 5.27. The van der Waals surface area contributed by atoms with Crippen LogP contribution in [0, 0.1) is 25.5 Å². The van der Waals surface area contributed by atoms with E-state index in [-0.39, 0.29) is 21.2 Å². The minimum absolute atomic E-state index is 0.111. The lowest BCUT2D eigenvalue weighted by Gasteiger charge is -2.34. The van der Waals surface area contributed by atoms with E-state index in [9.17, 15) is 12.8 Å². The maximum atomic E-state index is 15.9. The number of aromatic nitrogens is 2. The van der Waals surface area contributed by atoms with Crippen LogP contribution in [0.3, 0.4) is 0 Å². The highest BCUT2D eigenvalue weighted by Crippen LogP contribution is 2.52. The van der Waals surface area contributed by atoms with Crippen LogP contribution >= 0.6 is 0 Å². The molecule has 44 heavy (non-hydrogen) atoms. The largest absolute Gasteiger partial charge is 0.381 e. The van der Waals surface area contributed by atoms with Crippen molar-refractivity contribution < 1.29 is 26.7 Å². The van der Waals surface area contributed by atoms with E-state index in [0.717, 1.165) is 60.9 Å². The Bertz CT molecular complexity index is 1900. The SMILES string of the molecule is Cc1ccc(S(C)(=O)=O)c(-c2nc3cc(F)cc(F)c3c(N3CC4(CCOCC4)c4ncc(N5CCOCC5)cc43)c2C)c1. The number of benzene rings is 2. The van der Waals surface area contributed by atoms with Crippen LogP contribution in [0.2, 0.25) is 0 Å². The van der Waals surface area contributed by atoms with Crippen molar-refractivity contribution in [1.29, 1.82) is 0 Å². The van der Waals surface area contributed by atoms with E-state index in [0.29, 0.717) is 55.5 Å². The Morgan fingerprint density at radius 1 is 0.955 bits per heavy atom. The molecule has 0 bridgehead atoms. The van der Waals surface area contributed by atoms with Gasteiger partial charge in [-0.2, -0.15) is 0 Å². The molecule has 2 aromatic carbocycles. The summed E-state index contributed by atoms with van der Waals surface area (Å²) in [6, 6.07) is 9.28. The third-order valence-electron chi connectivity index (χ3n) is 9.21. The van der Waals surface area contributed by atoms with Crippen LogP contribution in [0.15, 0.2) is 47.5 Å². The number of halogens is 2. The number of aryl methyl sites for hydroxylation is 1. The molecular formula is C33H34F2N4O4S. The van der Waals surface area contributed by atoms with E-state index < -0.39 is 21.5 Å². The van der Waals surface area contributed by atoms with Gasteiger partial charge in [-0.1, -0.05) is 11.6 Å². The fraction of sp³-hybridized carbons (Fsp3) is 0.394. The fourth-order valence-electron chi connectivity index (χ4n) is 7.01. The van der Waals surface area contributed by atoms with Gasteiger partial charge in [-0.05, 0) is 50.5 Å². The van der Waals surface area contributed by atoms with Crippen molar-refractivity contribution >= 4 is 37.8 Å². The van der Waals surface area contributed by atoms with Gasteiger partial charge in [0, 0.05) is 62.2 Å². The fourth-order valence-corrected chi connectivity index (χ4v) is 7.88. The van der Waals surface area contributed by atoms with Crippen molar-refractivity contribution in [3.05, 3.63) is 71.1 Å². The van der Waals surface area contributed by atoms with E-state index in [2.05, 4.69) is 15.9 Å². The van der Waals surface area contributed by atoms with Gasteiger partial charge in [0.25, 0.3) is 0 Å². The molecule has 0 N–H and O–H groups in total. The topological polar surface area (TPSA) is 84.9 Å². The molecule has 5 heterocycles. The van der Waals surface area contributed by atoms with Gasteiger partial charge < -0.3 is 19.3 Å². The number of morpholine rings is 1. The number of rotatable bonds is 4. The summed E-state index contributed by atoms with van der Waals surface area (Å²) in [6.07, 6.45) is 4.57. The normalized spacial score (nSPS) is 18.3. The minimum Gasteiger partial charge on any atom is -0.381 e. The van der Waals surface area contributed by atoms with Crippen LogP contribution < -0.4 is 9.80 Å². The van der Waals surface area contributed by atoms with E-state index >= 15 is 4.39 Å². The molecule has 0 radical (unpaired) electrons. The average molecular weight is 621 g/mol. The van der Waals surface area contributed by atoms with E-state index in [4.69, 9.17) is 19.4 Å². The van der Waals surface area contributed by atoms with Crippen LogP contribution in [-0.4, -0.2) is 70.7 Å². The highest BCUT2D eigenvalue weighted by molar-refractivity contribution is 7.90. The van der Waals surface area contributed by atoms with Gasteiger partial charge in [-0.3, -0.25) is 4.98 Å². The predicted molar refractivity (Wildman–Crippen MR) is 166 cm³/mol. The van der Waals surface area contributed by atoms with Gasteiger partial charge in [0.15, 0.2) is 9.84 Å². The highest BCUT2D eigenvalue weighted by Gasteiger charge is 2.47. The Balaban J connectivity index is 1.52. The monoisotopic (exact) mass is 620 g/mol. The van der Waals surface area contributed by atoms with Gasteiger partial charge in [0.1, 0.15) is 11.6 Å². The molecule has 8 nitrogen and oxygen atoms in total. The molecule has 1 spiro atoms. The first-order valence-corrected chi connectivity index (χ1v) is 16.7. The van der Waals surface area contributed by atoms with Crippen molar-refractivity contribution in [2.24, 2.45) is 0 Å². The van der Waals surface area contributed by atoms with Crippen molar-refractivity contribution in [2.45, 2.75) is 37.0 Å². The third kappa shape index (κ3) is 4.81. The maximum absolute atomic E-state index is 15.9. The summed E-state index contributed by atoms with van der Waals surface area (Å²) in [5.74, 6) is -1.48. The molecule has 0 atom stereocenters. The predicted octanol–water partition coefficient (Wildman–Crippen LogP) is 5.63. The Morgan fingerprint density at radius 2 is 1.68 bits per heavy atom. The highest BCUT2D eigenvalue weighted by atomic mass is 32.2. The van der Waals surface area contributed by atoms with Gasteiger partial charge in [-0.25, -0.2) is 22.2 Å². The molecule has 0 aliphatic carbocycles. The summed E-state index contributed by atoms with van der Waals surface area (Å²) >= 11 is 0. The van der Waals surface area contributed by atoms with Crippen LogP contribution in [0.25, 0.3) is 22.2 Å². The second kappa shape index (κ2) is 10.7. The molecule has 11 heteroatoms. The summed E-state index contributed by atoms with van der Waals surface area (Å²) in [4.78, 5) is 14.2. The summed E-state index contributed by atoms with van der Waals surface area (Å²) in [6.45, 7) is 8.11. The summed E-state index contributed by atoms with van der Waals surface area (Å²) in [7, 11) is -3.65. The van der Waals surface area contributed by atoms with Gasteiger partial charge in [0.2, 0.25) is 0 Å². The van der Waals surface area contributed by atoms with Crippen molar-refractivity contribution in [3.8, 4) is 11.3 Å². The average Bonchev–Trinajstić information content (AvgIpc) is 3.29. The van der Waals surface area contributed by atoms with Crippen molar-refractivity contribution in [1.82, 2.24) is 9.97 Å². The molecule has 3 aliphatic rings. The minimum atomic E-state index is -3.65. The number of hydrogen-bond acceptors (Lipinski definition) is 8. The Labute approximate surface area is 255 Å². The molecule has 0 amide bonds. The lowest BCUT2D eigenvalue weighted by Crippen LogP contribution is -2.38. The molecule has 2 aromatic heterocycles. The zero-order valence-corrected chi connectivity index (χ0v) is 25.8. The molecular weight excluding hydrogens is 586 g/mol. The van der Waals surface area contributed by atoms with E-state index in [1.165, 1.54) is 6.07 Å². The quantitative estimate of drug-likeness (QED) is 0.290. The van der Waals surface area contributed by atoms with Crippen LogP contribution in [0.5, 0.6) is 0 Å². The molecule has 4 aromatic rings. The van der Waals surface area contributed by atoms with Crippen molar-refractivity contribution in [2.75, 3.05) is 62.1 Å². The number of ether oxygens (including phenoxy) is 2. The molecule has 2 fully saturated rings. The van der Waals surface area contributed by atoms with E-state index in [1.54, 1.807) is 18.2 Å². The number of pyridine rings is 2. The number of hydrogen-bond donors (Lipinski definition) is 0. The number of sulfone groups is 1. The Morgan fingerprint density at radius 3 is 2.41 bits per heavy atom. The third-order valence-corrected chi connectivity index (χ3v) is 10.4.